The number of carboxylic acids is 1. The molecule has 18 nitrogen and oxygen atoms in total. The highest BCUT2D eigenvalue weighted by Crippen LogP contribution is 2.29. The number of aromatic carboxylic acids is 1. The normalized spacial score (nSPS) is 19.4. The van der Waals surface area contributed by atoms with Crippen LogP contribution < -0.4 is 20.7 Å². The van der Waals surface area contributed by atoms with Crippen molar-refractivity contribution >= 4 is 79.3 Å². The van der Waals surface area contributed by atoms with Gasteiger partial charge in [0.1, 0.15) is 22.4 Å². The Hall–Kier alpha value is -6.92. The maximum atomic E-state index is 13.3. The molecular weight excluding hydrogens is 793 g/mol. The van der Waals surface area contributed by atoms with Gasteiger partial charge in [0.05, 0.1) is 39.4 Å². The smallest absolute Gasteiger partial charge is 0.345 e. The van der Waals surface area contributed by atoms with E-state index in [-0.39, 0.29) is 28.8 Å². The van der Waals surface area contributed by atoms with E-state index in [1.165, 1.54) is 38.4 Å². The average molecular weight is 837 g/mol. The summed E-state index contributed by atoms with van der Waals surface area (Å²) in [7, 11) is 0. The van der Waals surface area contributed by atoms with Gasteiger partial charge in [-0.05, 0) is 70.0 Å². The lowest BCUT2D eigenvalue weighted by Gasteiger charge is -2.37. The number of ether oxygens (including phenoxy) is 1. The fourth-order valence-corrected chi connectivity index (χ4v) is 10.1. The molecule has 4 saturated heterocycles. The molecular formula is C44H44N12O6. The lowest BCUT2D eigenvalue weighted by Crippen LogP contribution is -2.50. The second kappa shape index (κ2) is 14.9. The van der Waals surface area contributed by atoms with Gasteiger partial charge < -0.3 is 29.6 Å². The first-order valence-corrected chi connectivity index (χ1v) is 21.3. The molecule has 2 unspecified atom stereocenters. The molecule has 2 atom stereocenters. The Morgan fingerprint density at radius 3 is 1.68 bits per heavy atom. The SMILES string of the molecule is CCOC(=O)c1c(=O)c2cnc(N3CCN4CCCC4C3)nc2n2c1[nH]c1ccccc12.O=C(O)c1c(=O)c2cnc(N3CCN4CCCC4C3)nc2n2c1[nH]c1ccccc12. The van der Waals surface area contributed by atoms with Crippen LogP contribution in [0.2, 0.25) is 0 Å². The standard InChI is InChI=1S/C23H24N6O3.C21H20N6O3/c1-2-32-22(31)18-19(30)15-12-24-23(28-11-10-27-9-5-6-14(27)13-28)26-20(15)29-17-8-4-3-7-16(17)25-21(18)29;28-17-13-10-22-21(26-9-8-25-7-3-4-12(25)11-26)24-18(13)27-15-6-2-1-5-14(15)23-19(27)16(17)20(29)30/h3-4,7-8,12,14,25H,2,5-6,9-11,13H2,1H3;1-2,5-6,10,12,23H,3-4,7-9,11H2,(H,29,30). The molecule has 0 amide bonds. The Bertz CT molecular complexity index is 3250. The number of para-hydroxylation sites is 4. The second-order valence-electron chi connectivity index (χ2n) is 16.5. The topological polar surface area (TPSA) is 203 Å². The molecule has 0 saturated carbocycles. The molecule has 2 aromatic carbocycles. The van der Waals surface area contributed by atoms with Gasteiger partial charge in [-0.15, -0.1) is 0 Å². The number of pyridine rings is 2. The Kier molecular flexibility index (Phi) is 9.15. The van der Waals surface area contributed by atoms with Gasteiger partial charge in [-0.2, -0.15) is 9.97 Å². The van der Waals surface area contributed by atoms with E-state index in [9.17, 15) is 24.3 Å². The zero-order valence-electron chi connectivity index (χ0n) is 34.1. The van der Waals surface area contributed by atoms with Gasteiger partial charge in [-0.1, -0.05) is 24.3 Å². The van der Waals surface area contributed by atoms with E-state index < -0.39 is 22.8 Å². The van der Waals surface area contributed by atoms with Crippen LogP contribution in [0.5, 0.6) is 0 Å². The molecule has 4 fully saturated rings. The number of hydrogen-bond acceptors (Lipinski definition) is 13. The molecule has 18 heteroatoms. The molecule has 12 rings (SSSR count). The summed E-state index contributed by atoms with van der Waals surface area (Å²) >= 11 is 0. The number of H-pyrrole nitrogens is 2. The number of nitrogens with one attached hydrogen (secondary N) is 2. The predicted octanol–water partition coefficient (Wildman–Crippen LogP) is 3.89. The first-order valence-electron chi connectivity index (χ1n) is 21.3. The highest BCUT2D eigenvalue weighted by Gasteiger charge is 2.34. The lowest BCUT2D eigenvalue weighted by molar-refractivity contribution is 0.0526. The van der Waals surface area contributed by atoms with Gasteiger partial charge >= 0.3 is 11.9 Å². The van der Waals surface area contributed by atoms with E-state index in [0.717, 1.165) is 67.9 Å². The third-order valence-corrected chi connectivity index (χ3v) is 13.0. The molecule has 0 radical (unpaired) electrons. The highest BCUT2D eigenvalue weighted by molar-refractivity contribution is 6.03. The number of fused-ring (bicyclic) bond motifs is 12. The van der Waals surface area contributed by atoms with Gasteiger partial charge in [0.15, 0.2) is 11.3 Å². The Balaban J connectivity index is 0.000000140. The number of aromatic amines is 2. The minimum atomic E-state index is -1.27. The van der Waals surface area contributed by atoms with Gasteiger partial charge in [-0.25, -0.2) is 19.6 Å². The average Bonchev–Trinajstić information content (AvgIpc) is 4.11. The summed E-state index contributed by atoms with van der Waals surface area (Å²) in [6, 6.07) is 16.2. The van der Waals surface area contributed by atoms with Crippen LogP contribution in [0, 0.1) is 0 Å². The predicted molar refractivity (Wildman–Crippen MR) is 234 cm³/mol. The largest absolute Gasteiger partial charge is 0.477 e. The van der Waals surface area contributed by atoms with Crippen molar-refractivity contribution in [3.8, 4) is 0 Å². The second-order valence-corrected chi connectivity index (χ2v) is 16.5. The van der Waals surface area contributed by atoms with Crippen molar-refractivity contribution in [1.82, 2.24) is 48.5 Å². The molecule has 316 valence electrons. The molecule has 4 aliphatic rings. The minimum Gasteiger partial charge on any atom is -0.477 e. The van der Waals surface area contributed by atoms with Crippen LogP contribution in [0.15, 0.2) is 70.5 Å². The van der Waals surface area contributed by atoms with Crippen molar-refractivity contribution in [1.29, 1.82) is 0 Å². The van der Waals surface area contributed by atoms with E-state index >= 15 is 0 Å². The van der Waals surface area contributed by atoms with Crippen LogP contribution in [0.3, 0.4) is 0 Å². The van der Waals surface area contributed by atoms with Gasteiger partial charge in [0.25, 0.3) is 0 Å². The Morgan fingerprint density at radius 2 is 1.18 bits per heavy atom. The Labute approximate surface area is 352 Å². The number of carboxylic acid groups (broad SMARTS) is 1. The highest BCUT2D eigenvalue weighted by atomic mass is 16.5. The molecule has 0 aliphatic carbocycles. The van der Waals surface area contributed by atoms with Crippen molar-refractivity contribution in [2.24, 2.45) is 0 Å². The summed E-state index contributed by atoms with van der Waals surface area (Å²) in [6.07, 6.45) is 7.86. The molecule has 0 bridgehead atoms. The quantitative estimate of drug-likeness (QED) is 0.211. The van der Waals surface area contributed by atoms with Gasteiger partial charge in [0.2, 0.25) is 22.8 Å². The van der Waals surface area contributed by atoms with E-state index in [4.69, 9.17) is 14.7 Å². The molecule has 3 N–H and O–H groups in total. The summed E-state index contributed by atoms with van der Waals surface area (Å²) in [6.45, 7) is 9.64. The third kappa shape index (κ3) is 6.06. The van der Waals surface area contributed by atoms with Crippen LogP contribution in [0.1, 0.15) is 53.3 Å². The number of rotatable bonds is 5. The number of carbonyl (C=O) groups is 2. The van der Waals surface area contributed by atoms with Crippen molar-refractivity contribution in [3.05, 3.63) is 92.5 Å². The number of imidazole rings is 2. The monoisotopic (exact) mass is 836 g/mol. The number of esters is 1. The first-order chi connectivity index (χ1) is 30.3. The van der Waals surface area contributed by atoms with Gasteiger partial charge in [0, 0.05) is 63.7 Å². The molecule has 4 aliphatic heterocycles. The number of anilines is 2. The number of nitrogens with zero attached hydrogens (tertiary/aromatic N) is 10. The number of piperazine rings is 2. The summed E-state index contributed by atoms with van der Waals surface area (Å²) in [5, 5.41) is 10.2. The van der Waals surface area contributed by atoms with Crippen molar-refractivity contribution < 1.29 is 19.4 Å². The maximum Gasteiger partial charge on any atom is 0.345 e. The maximum absolute atomic E-state index is 13.3. The van der Waals surface area contributed by atoms with E-state index in [1.807, 2.05) is 52.9 Å². The number of hydrogen-bond donors (Lipinski definition) is 3. The first kappa shape index (κ1) is 38.0. The van der Waals surface area contributed by atoms with Crippen LogP contribution >= 0.6 is 0 Å². The fourth-order valence-electron chi connectivity index (χ4n) is 10.1. The van der Waals surface area contributed by atoms with E-state index in [0.29, 0.717) is 46.3 Å². The Morgan fingerprint density at radius 1 is 0.694 bits per heavy atom. The molecule has 10 heterocycles. The number of aromatic nitrogens is 8. The third-order valence-electron chi connectivity index (χ3n) is 13.0. The molecule has 0 spiro atoms. The van der Waals surface area contributed by atoms with E-state index in [1.54, 1.807) is 17.5 Å². The number of benzene rings is 2. The minimum absolute atomic E-state index is 0.0218. The molecule has 62 heavy (non-hydrogen) atoms. The molecule has 6 aromatic heterocycles. The van der Waals surface area contributed by atoms with Crippen LogP contribution in [0.25, 0.3) is 55.4 Å². The van der Waals surface area contributed by atoms with Gasteiger partial charge in [-0.3, -0.25) is 28.2 Å². The zero-order chi connectivity index (χ0) is 42.2. The summed E-state index contributed by atoms with van der Waals surface area (Å²) < 4.78 is 8.77. The van der Waals surface area contributed by atoms with E-state index in [2.05, 4.69) is 39.5 Å². The summed E-state index contributed by atoms with van der Waals surface area (Å²) in [4.78, 5) is 85.3. The summed E-state index contributed by atoms with van der Waals surface area (Å²) in [5.41, 5.74) is 3.41. The summed E-state index contributed by atoms with van der Waals surface area (Å²) in [5.74, 6) is -0.723. The van der Waals surface area contributed by atoms with Crippen molar-refractivity contribution in [2.75, 3.05) is 68.8 Å². The molecule has 8 aromatic rings. The zero-order valence-corrected chi connectivity index (χ0v) is 34.1. The fraction of sp³-hybridized carbons (Fsp3) is 0.364. The van der Waals surface area contributed by atoms with Crippen LogP contribution in [-0.2, 0) is 4.74 Å². The van der Waals surface area contributed by atoms with Crippen molar-refractivity contribution in [2.45, 2.75) is 44.7 Å². The number of carbonyl (C=O) groups excluding carboxylic acids is 1. The van der Waals surface area contributed by atoms with Crippen molar-refractivity contribution in [3.63, 3.8) is 0 Å². The van der Waals surface area contributed by atoms with Crippen LogP contribution in [-0.4, -0.2) is 137 Å². The lowest BCUT2D eigenvalue weighted by atomic mass is 10.1. The van der Waals surface area contributed by atoms with Crippen LogP contribution in [0.4, 0.5) is 11.9 Å².